The van der Waals surface area contributed by atoms with Crippen molar-refractivity contribution in [1.29, 1.82) is 0 Å². The number of hydrogen-bond acceptors (Lipinski definition) is 6. The van der Waals surface area contributed by atoms with E-state index in [9.17, 15) is 19.5 Å². The van der Waals surface area contributed by atoms with Gasteiger partial charge in [0.25, 0.3) is 5.56 Å². The lowest BCUT2D eigenvalue weighted by Crippen LogP contribution is -2.41. The number of carbonyl (C=O) groups excluding carboxylic acids is 2. The molecular formula is C15H17N5O4. The van der Waals surface area contributed by atoms with Gasteiger partial charge in [-0.1, -0.05) is 12.1 Å². The smallest absolute Gasteiger partial charge is 0.330 e. The maximum absolute atomic E-state index is 12.6. The molecule has 0 spiro atoms. The summed E-state index contributed by atoms with van der Waals surface area (Å²) in [6.07, 6.45) is 0. The second kappa shape index (κ2) is 6.92. The Morgan fingerprint density at radius 3 is 2.58 bits per heavy atom. The Kier molecular flexibility index (Phi) is 4.95. The van der Waals surface area contributed by atoms with Gasteiger partial charge >= 0.3 is 11.8 Å². The summed E-state index contributed by atoms with van der Waals surface area (Å²) in [4.78, 5) is 35.0. The summed E-state index contributed by atoms with van der Waals surface area (Å²) in [5, 5.41) is 14.6. The Hall–Kier alpha value is -3.20. The third-order valence-corrected chi connectivity index (χ3v) is 3.49. The zero-order valence-corrected chi connectivity index (χ0v) is 13.2. The molecule has 24 heavy (non-hydrogen) atoms. The van der Waals surface area contributed by atoms with Crippen molar-refractivity contribution >= 4 is 28.4 Å². The molecule has 1 heterocycles. The molecule has 9 nitrogen and oxygen atoms in total. The number of pyridine rings is 1. The monoisotopic (exact) mass is 331 g/mol. The number of hydrazine groups is 1. The average Bonchev–Trinajstić information content (AvgIpc) is 2.59. The molecule has 2 amide bonds. The van der Waals surface area contributed by atoms with Crippen LogP contribution in [0.1, 0.15) is 19.4 Å². The number of benzene rings is 1. The van der Waals surface area contributed by atoms with Crippen LogP contribution in [0.4, 0.5) is 0 Å². The number of nitrogens with one attached hydrogen (secondary N) is 2. The molecule has 0 bridgehead atoms. The van der Waals surface area contributed by atoms with E-state index in [1.165, 1.54) is 11.5 Å². The van der Waals surface area contributed by atoms with E-state index < -0.39 is 17.4 Å². The molecule has 0 aliphatic heterocycles. The van der Waals surface area contributed by atoms with Gasteiger partial charge in [-0.2, -0.15) is 5.10 Å². The van der Waals surface area contributed by atoms with Crippen LogP contribution in [0.3, 0.4) is 0 Å². The molecule has 0 aliphatic carbocycles. The van der Waals surface area contributed by atoms with Crippen molar-refractivity contribution in [2.24, 2.45) is 10.9 Å². The molecule has 2 aromatic rings. The predicted molar refractivity (Wildman–Crippen MR) is 88.2 cm³/mol. The van der Waals surface area contributed by atoms with Crippen LogP contribution in [0, 0.1) is 0 Å². The number of carbonyl (C=O) groups is 2. The van der Waals surface area contributed by atoms with Crippen molar-refractivity contribution in [2.75, 3.05) is 0 Å². The van der Waals surface area contributed by atoms with Crippen molar-refractivity contribution in [3.63, 3.8) is 0 Å². The van der Waals surface area contributed by atoms with Crippen LogP contribution in [0.2, 0.25) is 0 Å². The summed E-state index contributed by atoms with van der Waals surface area (Å²) >= 11 is 0. The minimum Gasteiger partial charge on any atom is -0.506 e. The van der Waals surface area contributed by atoms with Gasteiger partial charge in [0.15, 0.2) is 0 Å². The Morgan fingerprint density at radius 2 is 1.96 bits per heavy atom. The van der Waals surface area contributed by atoms with Gasteiger partial charge in [0.05, 0.1) is 11.2 Å². The molecule has 0 fully saturated rings. The first-order valence-electron chi connectivity index (χ1n) is 7.12. The van der Waals surface area contributed by atoms with Gasteiger partial charge in [0, 0.05) is 11.9 Å². The van der Waals surface area contributed by atoms with Crippen molar-refractivity contribution < 1.29 is 14.7 Å². The number of nitrogens with two attached hydrogens (primary N) is 1. The average molecular weight is 331 g/mol. The van der Waals surface area contributed by atoms with Crippen LogP contribution in [-0.2, 0) is 16.1 Å². The van der Waals surface area contributed by atoms with Gasteiger partial charge in [-0.25, -0.2) is 11.3 Å². The van der Waals surface area contributed by atoms with E-state index in [0.29, 0.717) is 17.4 Å². The number of rotatable bonds is 3. The number of aromatic hydroxyl groups is 1. The molecule has 0 aliphatic rings. The molecule has 0 atom stereocenters. The van der Waals surface area contributed by atoms with Crippen LogP contribution in [-0.4, -0.2) is 27.2 Å². The fraction of sp³-hybridized carbons (Fsp3) is 0.200. The molecular weight excluding hydrogens is 314 g/mol. The van der Waals surface area contributed by atoms with Gasteiger partial charge in [-0.15, -0.1) is 0 Å². The normalized spacial score (nSPS) is 11.4. The summed E-state index contributed by atoms with van der Waals surface area (Å²) in [6, 6.07) is 6.90. The minimum atomic E-state index is -1.09. The Labute approximate surface area is 136 Å². The zero-order chi connectivity index (χ0) is 17.9. The van der Waals surface area contributed by atoms with Crippen LogP contribution >= 0.6 is 0 Å². The Balaban J connectivity index is 2.58. The van der Waals surface area contributed by atoms with Crippen LogP contribution in [0.25, 0.3) is 10.9 Å². The first-order valence-corrected chi connectivity index (χ1v) is 7.12. The first-order chi connectivity index (χ1) is 11.4. The van der Waals surface area contributed by atoms with Crippen molar-refractivity contribution in [1.82, 2.24) is 15.4 Å². The number of hydrogen-bond donors (Lipinski definition) is 4. The summed E-state index contributed by atoms with van der Waals surface area (Å²) in [6.45, 7) is 3.63. The molecule has 2 rings (SSSR count). The second-order valence-corrected chi connectivity index (χ2v) is 4.90. The predicted octanol–water partition coefficient (Wildman–Crippen LogP) is -0.443. The molecule has 0 unspecified atom stereocenters. The van der Waals surface area contributed by atoms with E-state index in [1.807, 2.05) is 5.43 Å². The summed E-state index contributed by atoms with van der Waals surface area (Å²) < 4.78 is 1.48. The van der Waals surface area contributed by atoms with E-state index in [2.05, 4.69) is 5.10 Å². The number of nitrogens with zero attached hydrogens (tertiary/aromatic N) is 2. The Bertz CT molecular complexity index is 901. The van der Waals surface area contributed by atoms with Crippen molar-refractivity contribution in [3.8, 4) is 5.75 Å². The fourth-order valence-corrected chi connectivity index (χ4v) is 2.34. The van der Waals surface area contributed by atoms with Gasteiger partial charge in [0.2, 0.25) is 0 Å². The molecule has 0 radical (unpaired) electrons. The number of hydrazone groups is 1. The molecule has 0 saturated heterocycles. The van der Waals surface area contributed by atoms with Gasteiger partial charge in [-0.05, 0) is 26.0 Å². The van der Waals surface area contributed by atoms with Crippen LogP contribution in [0.15, 0.2) is 34.2 Å². The number of fused-ring (bicyclic) bond motifs is 1. The van der Waals surface area contributed by atoms with Crippen molar-refractivity contribution in [2.45, 2.75) is 20.4 Å². The second-order valence-electron chi connectivity index (χ2n) is 4.90. The lowest BCUT2D eigenvalue weighted by atomic mass is 10.1. The lowest BCUT2D eigenvalue weighted by Gasteiger charge is -2.13. The largest absolute Gasteiger partial charge is 0.506 e. The maximum atomic E-state index is 12.6. The molecule has 1 aromatic carbocycles. The first kappa shape index (κ1) is 17.2. The van der Waals surface area contributed by atoms with E-state index in [0.717, 1.165) is 0 Å². The van der Waals surface area contributed by atoms with E-state index in [4.69, 9.17) is 5.84 Å². The highest BCUT2D eigenvalue weighted by Crippen LogP contribution is 2.26. The fourth-order valence-electron chi connectivity index (χ4n) is 2.34. The minimum absolute atomic E-state index is 0.0518. The molecule has 126 valence electrons. The SMILES string of the molecule is CCn1c(=O)c(C(C)=NNC(=O)C(=O)NN)c(O)c2ccccc21. The topological polar surface area (TPSA) is 139 Å². The zero-order valence-electron chi connectivity index (χ0n) is 13.2. The number of amides is 2. The van der Waals surface area contributed by atoms with Crippen LogP contribution in [0.5, 0.6) is 5.75 Å². The third kappa shape index (κ3) is 2.97. The number of aromatic nitrogens is 1. The quantitative estimate of drug-likeness (QED) is 0.198. The van der Waals surface area contributed by atoms with E-state index in [1.54, 1.807) is 36.6 Å². The van der Waals surface area contributed by atoms with Gasteiger partial charge in [-0.3, -0.25) is 19.8 Å². The standard InChI is InChI=1S/C15H17N5O4/c1-3-20-10-7-5-4-6-9(10)12(21)11(15(20)24)8(2)18-19-14(23)13(22)17-16/h4-7,21H,3,16H2,1-2H3,(H,17,22)(H,19,23). The van der Waals surface area contributed by atoms with E-state index in [-0.39, 0.29) is 17.0 Å². The van der Waals surface area contributed by atoms with E-state index >= 15 is 0 Å². The summed E-state index contributed by atoms with van der Waals surface area (Å²) in [7, 11) is 0. The molecule has 0 saturated carbocycles. The molecule has 5 N–H and O–H groups in total. The Morgan fingerprint density at radius 1 is 1.29 bits per heavy atom. The maximum Gasteiger partial charge on any atom is 0.330 e. The third-order valence-electron chi connectivity index (χ3n) is 3.49. The highest BCUT2D eigenvalue weighted by atomic mass is 16.3. The number of aryl methyl sites for hydroxylation is 1. The summed E-state index contributed by atoms with van der Waals surface area (Å²) in [5.41, 5.74) is 3.77. The lowest BCUT2D eigenvalue weighted by molar-refractivity contribution is -0.139. The number of para-hydroxylation sites is 1. The van der Waals surface area contributed by atoms with Crippen LogP contribution < -0.4 is 22.3 Å². The highest BCUT2D eigenvalue weighted by molar-refractivity contribution is 6.35. The molecule has 1 aromatic heterocycles. The highest BCUT2D eigenvalue weighted by Gasteiger charge is 2.18. The van der Waals surface area contributed by atoms with Gasteiger partial charge < -0.3 is 9.67 Å². The summed E-state index contributed by atoms with van der Waals surface area (Å²) in [5.74, 6) is 2.43. The molecule has 9 heteroatoms. The van der Waals surface area contributed by atoms with Crippen molar-refractivity contribution in [3.05, 3.63) is 40.2 Å². The van der Waals surface area contributed by atoms with Gasteiger partial charge in [0.1, 0.15) is 11.3 Å².